The third kappa shape index (κ3) is 2.51. The lowest BCUT2D eigenvalue weighted by Crippen LogP contribution is -2.11. The summed E-state index contributed by atoms with van der Waals surface area (Å²) < 4.78 is 5.44. The molecule has 2 rings (SSSR count). The molecule has 4 heteroatoms. The quantitative estimate of drug-likeness (QED) is 0.876. The zero-order valence-corrected chi connectivity index (χ0v) is 10.4. The Bertz CT molecular complexity index is 411. The molecule has 0 bridgehead atoms. The van der Waals surface area contributed by atoms with Crippen LogP contribution in [0, 0.1) is 5.92 Å². The second-order valence-corrected chi connectivity index (χ2v) is 4.96. The zero-order chi connectivity index (χ0) is 12.4. The van der Waals surface area contributed by atoms with E-state index in [9.17, 15) is 4.79 Å². The van der Waals surface area contributed by atoms with Gasteiger partial charge >= 0.3 is 5.97 Å². The number of aryl methyl sites for hydroxylation is 1. The number of nitrogens with zero attached hydrogens (tertiary/aromatic N) is 1. The molecule has 94 valence electrons. The molecule has 1 heterocycles. The van der Waals surface area contributed by atoms with Gasteiger partial charge in [0.1, 0.15) is 0 Å². The van der Waals surface area contributed by atoms with Gasteiger partial charge in [-0.1, -0.05) is 26.7 Å². The van der Waals surface area contributed by atoms with Crippen LogP contribution in [0.4, 0.5) is 0 Å². The maximum absolute atomic E-state index is 11.0. The van der Waals surface area contributed by atoms with Gasteiger partial charge in [0.25, 0.3) is 0 Å². The summed E-state index contributed by atoms with van der Waals surface area (Å²) in [5, 5.41) is 9.03. The predicted octanol–water partition coefficient (Wildman–Crippen LogP) is 3.23. The largest absolute Gasteiger partial charge is 0.475 e. The lowest BCUT2D eigenvalue weighted by Gasteiger charge is -2.24. The third-order valence-electron chi connectivity index (χ3n) is 3.53. The standard InChI is InChI=1S/C13H19NO3/c1-3-10-11(13(15)16)17-12(14-10)9-6-4-5-8(2)7-9/h8-9H,3-7H2,1-2H3,(H,15,16)/t8-,9+/m1/s1. The van der Waals surface area contributed by atoms with Crippen LogP contribution in [-0.2, 0) is 6.42 Å². The average Bonchev–Trinajstić information content (AvgIpc) is 2.73. The molecule has 1 aliphatic rings. The lowest BCUT2D eigenvalue weighted by molar-refractivity contribution is 0.0657. The fourth-order valence-electron chi connectivity index (χ4n) is 2.61. The lowest BCUT2D eigenvalue weighted by atomic mass is 9.82. The first-order valence-corrected chi connectivity index (χ1v) is 6.34. The molecule has 0 saturated heterocycles. The highest BCUT2D eigenvalue weighted by Crippen LogP contribution is 2.36. The number of hydrogen-bond acceptors (Lipinski definition) is 3. The SMILES string of the molecule is CCc1nc([C@H]2CCC[C@@H](C)C2)oc1C(=O)O. The smallest absolute Gasteiger partial charge is 0.373 e. The van der Waals surface area contributed by atoms with Crippen LogP contribution in [0.3, 0.4) is 0 Å². The van der Waals surface area contributed by atoms with Gasteiger partial charge in [-0.05, 0) is 25.2 Å². The van der Waals surface area contributed by atoms with Crippen LogP contribution in [0.1, 0.15) is 67.6 Å². The minimum absolute atomic E-state index is 0.0285. The fourth-order valence-corrected chi connectivity index (χ4v) is 2.61. The maximum Gasteiger partial charge on any atom is 0.373 e. The van der Waals surface area contributed by atoms with E-state index in [0.29, 0.717) is 29.8 Å². The van der Waals surface area contributed by atoms with Crippen LogP contribution in [0.15, 0.2) is 4.42 Å². The van der Waals surface area contributed by atoms with E-state index in [4.69, 9.17) is 9.52 Å². The predicted molar refractivity (Wildman–Crippen MR) is 63.2 cm³/mol. The second kappa shape index (κ2) is 4.90. The fraction of sp³-hybridized carbons (Fsp3) is 0.692. The molecule has 4 nitrogen and oxygen atoms in total. The van der Waals surface area contributed by atoms with Crippen molar-refractivity contribution < 1.29 is 14.3 Å². The molecule has 1 aliphatic carbocycles. The van der Waals surface area contributed by atoms with Gasteiger partial charge in [-0.3, -0.25) is 0 Å². The Morgan fingerprint density at radius 3 is 2.82 bits per heavy atom. The van der Waals surface area contributed by atoms with Crippen molar-refractivity contribution in [3.05, 3.63) is 17.3 Å². The minimum atomic E-state index is -1.01. The monoisotopic (exact) mass is 237 g/mol. The van der Waals surface area contributed by atoms with Gasteiger partial charge in [0, 0.05) is 5.92 Å². The molecule has 0 unspecified atom stereocenters. The molecule has 0 aromatic carbocycles. The number of carboxylic acids is 1. The van der Waals surface area contributed by atoms with Gasteiger partial charge in [0.15, 0.2) is 5.89 Å². The summed E-state index contributed by atoms with van der Waals surface area (Å²) in [6.45, 7) is 4.13. The van der Waals surface area contributed by atoms with Gasteiger partial charge in [-0.2, -0.15) is 0 Å². The third-order valence-corrected chi connectivity index (χ3v) is 3.53. The van der Waals surface area contributed by atoms with Gasteiger partial charge in [-0.25, -0.2) is 9.78 Å². The van der Waals surface area contributed by atoms with E-state index >= 15 is 0 Å². The van der Waals surface area contributed by atoms with Crippen LogP contribution in [-0.4, -0.2) is 16.1 Å². The maximum atomic E-state index is 11.0. The Balaban J connectivity index is 2.23. The molecule has 0 radical (unpaired) electrons. The Labute approximate surface area is 101 Å². The molecule has 1 aromatic heterocycles. The molecule has 1 N–H and O–H groups in total. The van der Waals surface area contributed by atoms with E-state index in [1.165, 1.54) is 12.8 Å². The van der Waals surface area contributed by atoms with Crippen LogP contribution in [0.25, 0.3) is 0 Å². The van der Waals surface area contributed by atoms with E-state index in [-0.39, 0.29) is 5.76 Å². The summed E-state index contributed by atoms with van der Waals surface area (Å²) in [4.78, 5) is 15.4. The first kappa shape index (κ1) is 12.1. The van der Waals surface area contributed by atoms with Crippen molar-refractivity contribution in [2.24, 2.45) is 5.92 Å². The van der Waals surface area contributed by atoms with Crippen molar-refractivity contribution in [2.75, 3.05) is 0 Å². The highest BCUT2D eigenvalue weighted by molar-refractivity contribution is 5.85. The molecule has 2 atom stereocenters. The molecule has 17 heavy (non-hydrogen) atoms. The van der Waals surface area contributed by atoms with Crippen molar-refractivity contribution in [1.29, 1.82) is 0 Å². The van der Waals surface area contributed by atoms with Crippen molar-refractivity contribution in [1.82, 2.24) is 4.98 Å². The summed E-state index contributed by atoms with van der Waals surface area (Å²) in [5.74, 6) is 0.632. The molecule has 1 saturated carbocycles. The van der Waals surface area contributed by atoms with Crippen LogP contribution in [0.5, 0.6) is 0 Å². The number of aromatic nitrogens is 1. The summed E-state index contributed by atoms with van der Waals surface area (Å²) in [7, 11) is 0. The van der Waals surface area contributed by atoms with E-state index < -0.39 is 5.97 Å². The number of oxazole rings is 1. The zero-order valence-electron chi connectivity index (χ0n) is 10.4. The van der Waals surface area contributed by atoms with Crippen LogP contribution in [0.2, 0.25) is 0 Å². The number of aromatic carboxylic acids is 1. The van der Waals surface area contributed by atoms with Gasteiger partial charge in [0.05, 0.1) is 5.69 Å². The topological polar surface area (TPSA) is 63.3 Å². The molecular weight excluding hydrogens is 218 g/mol. The molecule has 0 amide bonds. The van der Waals surface area contributed by atoms with Gasteiger partial charge in [0.2, 0.25) is 5.76 Å². The highest BCUT2D eigenvalue weighted by atomic mass is 16.4. The van der Waals surface area contributed by atoms with E-state index in [2.05, 4.69) is 11.9 Å². The van der Waals surface area contributed by atoms with Crippen molar-refractivity contribution in [3.63, 3.8) is 0 Å². The summed E-state index contributed by atoms with van der Waals surface area (Å²) in [5.41, 5.74) is 0.575. The highest BCUT2D eigenvalue weighted by Gasteiger charge is 2.27. The van der Waals surface area contributed by atoms with Crippen molar-refractivity contribution >= 4 is 5.97 Å². The second-order valence-electron chi connectivity index (χ2n) is 4.96. The molecule has 0 aliphatic heterocycles. The molecule has 1 fully saturated rings. The normalized spacial score (nSPS) is 24.8. The average molecular weight is 237 g/mol. The number of rotatable bonds is 3. The minimum Gasteiger partial charge on any atom is -0.475 e. The number of carbonyl (C=O) groups is 1. The van der Waals surface area contributed by atoms with Crippen molar-refractivity contribution in [2.45, 2.75) is 51.9 Å². The van der Waals surface area contributed by atoms with E-state index in [1.54, 1.807) is 0 Å². The van der Waals surface area contributed by atoms with Crippen LogP contribution < -0.4 is 0 Å². The van der Waals surface area contributed by atoms with Crippen molar-refractivity contribution in [3.8, 4) is 0 Å². The number of hydrogen-bond donors (Lipinski definition) is 1. The Kier molecular flexibility index (Phi) is 3.50. The summed E-state index contributed by atoms with van der Waals surface area (Å²) in [6, 6.07) is 0. The van der Waals surface area contributed by atoms with E-state index in [0.717, 1.165) is 12.8 Å². The van der Waals surface area contributed by atoms with Gasteiger partial charge in [-0.15, -0.1) is 0 Å². The van der Waals surface area contributed by atoms with Gasteiger partial charge < -0.3 is 9.52 Å². The molecule has 0 spiro atoms. The summed E-state index contributed by atoms with van der Waals surface area (Å²) in [6.07, 6.45) is 5.16. The van der Waals surface area contributed by atoms with Crippen LogP contribution >= 0.6 is 0 Å². The molecule has 1 aromatic rings. The number of carboxylic acid groups (broad SMARTS) is 1. The van der Waals surface area contributed by atoms with E-state index in [1.807, 2.05) is 6.92 Å². The summed E-state index contributed by atoms with van der Waals surface area (Å²) >= 11 is 0. The Hall–Kier alpha value is -1.32. The first-order valence-electron chi connectivity index (χ1n) is 6.34. The first-order chi connectivity index (χ1) is 8.11. The molecular formula is C13H19NO3. The Morgan fingerprint density at radius 1 is 1.53 bits per heavy atom. The Morgan fingerprint density at radius 2 is 2.29 bits per heavy atom.